The van der Waals surface area contributed by atoms with Crippen molar-refractivity contribution in [3.05, 3.63) is 47.8 Å². The monoisotopic (exact) mass is 287 g/mol. The van der Waals surface area contributed by atoms with Gasteiger partial charge in [-0.2, -0.15) is 5.10 Å². The maximum Gasteiger partial charge on any atom is 0.0521 e. The molecule has 0 spiro atoms. The van der Waals surface area contributed by atoms with Gasteiger partial charge in [0.05, 0.1) is 6.20 Å². The Labute approximate surface area is 124 Å². The summed E-state index contributed by atoms with van der Waals surface area (Å²) >= 11 is 1.92. The number of aryl methyl sites for hydroxylation is 2. The molecule has 1 aliphatic rings. The van der Waals surface area contributed by atoms with E-state index >= 15 is 0 Å². The van der Waals surface area contributed by atoms with Gasteiger partial charge in [-0.05, 0) is 42.5 Å². The number of hydrogen-bond acceptors (Lipinski definition) is 3. The Hall–Kier alpha value is -1.26. The normalized spacial score (nSPS) is 14.7. The van der Waals surface area contributed by atoms with Crippen LogP contribution in [0.15, 0.2) is 41.6 Å². The molecule has 1 saturated carbocycles. The van der Waals surface area contributed by atoms with Gasteiger partial charge < -0.3 is 5.32 Å². The zero-order chi connectivity index (χ0) is 13.8. The van der Waals surface area contributed by atoms with E-state index in [9.17, 15) is 0 Å². The van der Waals surface area contributed by atoms with Gasteiger partial charge in [-0.15, -0.1) is 11.8 Å². The molecule has 106 valence electrons. The fourth-order valence-electron chi connectivity index (χ4n) is 2.18. The Kier molecular flexibility index (Phi) is 4.43. The summed E-state index contributed by atoms with van der Waals surface area (Å²) in [6, 6.07) is 9.66. The number of thioether (sulfide) groups is 1. The van der Waals surface area contributed by atoms with Crippen molar-refractivity contribution >= 4 is 11.8 Å². The van der Waals surface area contributed by atoms with Crippen molar-refractivity contribution in [2.24, 2.45) is 7.05 Å². The van der Waals surface area contributed by atoms with E-state index in [2.05, 4.69) is 40.9 Å². The lowest BCUT2D eigenvalue weighted by atomic mass is 10.2. The van der Waals surface area contributed by atoms with Crippen LogP contribution >= 0.6 is 11.8 Å². The predicted octanol–water partition coefficient (Wildman–Crippen LogP) is 3.01. The van der Waals surface area contributed by atoms with Crippen molar-refractivity contribution in [2.75, 3.05) is 5.75 Å². The molecule has 2 aromatic rings. The molecule has 0 amide bonds. The molecular weight excluding hydrogens is 266 g/mol. The summed E-state index contributed by atoms with van der Waals surface area (Å²) < 4.78 is 1.87. The van der Waals surface area contributed by atoms with Crippen LogP contribution in [0.3, 0.4) is 0 Å². The SMILES string of the molecule is Cn1cc(CCSc2cccc(CNC3CC3)c2)cn1. The van der Waals surface area contributed by atoms with Crippen LogP contribution in [0.1, 0.15) is 24.0 Å². The van der Waals surface area contributed by atoms with Crippen molar-refractivity contribution in [1.82, 2.24) is 15.1 Å². The van der Waals surface area contributed by atoms with Gasteiger partial charge in [-0.1, -0.05) is 12.1 Å². The largest absolute Gasteiger partial charge is 0.310 e. The maximum atomic E-state index is 4.20. The Morgan fingerprint density at radius 3 is 3.00 bits per heavy atom. The highest BCUT2D eigenvalue weighted by molar-refractivity contribution is 7.99. The van der Waals surface area contributed by atoms with Gasteiger partial charge in [0.1, 0.15) is 0 Å². The summed E-state index contributed by atoms with van der Waals surface area (Å²) in [6.45, 7) is 1.00. The van der Waals surface area contributed by atoms with E-state index in [1.807, 2.05) is 29.7 Å². The molecule has 1 aromatic heterocycles. The highest BCUT2D eigenvalue weighted by Gasteiger charge is 2.19. The molecule has 4 heteroatoms. The average Bonchev–Trinajstić information content (AvgIpc) is 3.19. The Balaban J connectivity index is 1.47. The fourth-order valence-corrected chi connectivity index (χ4v) is 3.17. The topological polar surface area (TPSA) is 29.9 Å². The van der Waals surface area contributed by atoms with Crippen LogP contribution in [0.2, 0.25) is 0 Å². The number of rotatable bonds is 7. The van der Waals surface area contributed by atoms with Crippen LogP contribution in [0, 0.1) is 0 Å². The van der Waals surface area contributed by atoms with Crippen molar-refractivity contribution in [2.45, 2.75) is 36.7 Å². The summed E-state index contributed by atoms with van der Waals surface area (Å²) in [5, 5.41) is 7.77. The molecule has 1 aliphatic carbocycles. The third-order valence-corrected chi connectivity index (χ3v) is 4.48. The quantitative estimate of drug-likeness (QED) is 0.794. The maximum absolute atomic E-state index is 4.20. The van der Waals surface area contributed by atoms with Crippen molar-refractivity contribution in [1.29, 1.82) is 0 Å². The van der Waals surface area contributed by atoms with E-state index in [-0.39, 0.29) is 0 Å². The molecule has 0 atom stereocenters. The fraction of sp³-hybridized carbons (Fsp3) is 0.438. The van der Waals surface area contributed by atoms with Crippen LogP contribution in [0.5, 0.6) is 0 Å². The molecule has 0 radical (unpaired) electrons. The Morgan fingerprint density at radius 2 is 2.25 bits per heavy atom. The minimum absolute atomic E-state index is 0.775. The average molecular weight is 287 g/mol. The second kappa shape index (κ2) is 6.46. The van der Waals surface area contributed by atoms with E-state index in [0.717, 1.165) is 24.8 Å². The van der Waals surface area contributed by atoms with E-state index < -0.39 is 0 Å². The first kappa shape index (κ1) is 13.7. The highest BCUT2D eigenvalue weighted by atomic mass is 32.2. The predicted molar refractivity (Wildman–Crippen MR) is 83.9 cm³/mol. The zero-order valence-corrected chi connectivity index (χ0v) is 12.7. The first-order valence-electron chi connectivity index (χ1n) is 7.22. The van der Waals surface area contributed by atoms with Crippen LogP contribution in [0.25, 0.3) is 0 Å². The number of benzene rings is 1. The van der Waals surface area contributed by atoms with Gasteiger partial charge in [-0.25, -0.2) is 0 Å². The third-order valence-electron chi connectivity index (χ3n) is 3.49. The van der Waals surface area contributed by atoms with Crippen molar-refractivity contribution < 1.29 is 0 Å². The Morgan fingerprint density at radius 1 is 1.35 bits per heavy atom. The molecule has 1 fully saturated rings. The molecule has 1 aromatic carbocycles. The van der Waals surface area contributed by atoms with E-state index in [0.29, 0.717) is 0 Å². The Bertz CT molecular complexity index is 560. The van der Waals surface area contributed by atoms with Gasteiger partial charge in [0.25, 0.3) is 0 Å². The molecular formula is C16H21N3S. The van der Waals surface area contributed by atoms with Crippen molar-refractivity contribution in [3.63, 3.8) is 0 Å². The lowest BCUT2D eigenvalue weighted by molar-refractivity contribution is 0.687. The van der Waals surface area contributed by atoms with Crippen LogP contribution in [0.4, 0.5) is 0 Å². The minimum Gasteiger partial charge on any atom is -0.310 e. The van der Waals surface area contributed by atoms with E-state index in [1.54, 1.807) is 0 Å². The number of nitrogens with zero attached hydrogens (tertiary/aromatic N) is 2. The van der Waals surface area contributed by atoms with Gasteiger partial charge >= 0.3 is 0 Å². The smallest absolute Gasteiger partial charge is 0.0521 e. The molecule has 3 nitrogen and oxygen atoms in total. The van der Waals surface area contributed by atoms with Crippen LogP contribution in [-0.2, 0) is 20.0 Å². The molecule has 3 rings (SSSR count). The van der Waals surface area contributed by atoms with Crippen molar-refractivity contribution in [3.8, 4) is 0 Å². The summed E-state index contributed by atoms with van der Waals surface area (Å²) in [4.78, 5) is 1.36. The molecule has 20 heavy (non-hydrogen) atoms. The standard InChI is InChI=1S/C16H21N3S/c1-19-12-14(11-18-19)7-8-20-16-4-2-3-13(9-16)10-17-15-5-6-15/h2-4,9,11-12,15,17H,5-8,10H2,1H3. The van der Waals surface area contributed by atoms with Crippen LogP contribution < -0.4 is 5.32 Å². The first-order valence-corrected chi connectivity index (χ1v) is 8.21. The minimum atomic E-state index is 0.775. The molecule has 1 heterocycles. The molecule has 1 N–H and O–H groups in total. The summed E-state index contributed by atoms with van der Waals surface area (Å²) in [5.41, 5.74) is 2.70. The number of aromatic nitrogens is 2. The van der Waals surface area contributed by atoms with E-state index in [1.165, 1.54) is 28.9 Å². The second-order valence-corrected chi connectivity index (χ2v) is 6.59. The van der Waals surface area contributed by atoms with Gasteiger partial charge in [0.15, 0.2) is 0 Å². The summed E-state index contributed by atoms with van der Waals surface area (Å²) in [5.74, 6) is 1.10. The van der Waals surface area contributed by atoms with Gasteiger partial charge in [-0.3, -0.25) is 4.68 Å². The number of nitrogens with one attached hydrogen (secondary N) is 1. The number of hydrogen-bond donors (Lipinski definition) is 1. The van der Waals surface area contributed by atoms with Crippen LogP contribution in [-0.4, -0.2) is 21.6 Å². The molecule has 0 aliphatic heterocycles. The second-order valence-electron chi connectivity index (χ2n) is 5.42. The van der Waals surface area contributed by atoms with Gasteiger partial charge in [0.2, 0.25) is 0 Å². The summed E-state index contributed by atoms with van der Waals surface area (Å²) in [7, 11) is 1.97. The third kappa shape index (κ3) is 4.12. The molecule has 0 unspecified atom stereocenters. The van der Waals surface area contributed by atoms with Gasteiger partial charge in [0, 0.05) is 36.5 Å². The lowest BCUT2D eigenvalue weighted by Crippen LogP contribution is -2.15. The highest BCUT2D eigenvalue weighted by Crippen LogP contribution is 2.22. The van der Waals surface area contributed by atoms with E-state index in [4.69, 9.17) is 0 Å². The molecule has 0 saturated heterocycles. The molecule has 0 bridgehead atoms. The first-order chi connectivity index (χ1) is 9.79. The summed E-state index contributed by atoms with van der Waals surface area (Å²) in [6.07, 6.45) is 7.81. The lowest BCUT2D eigenvalue weighted by Gasteiger charge is -2.06. The zero-order valence-electron chi connectivity index (χ0n) is 11.9.